The summed E-state index contributed by atoms with van der Waals surface area (Å²) in [5, 5.41) is 14.7. The number of amides is 2. The highest BCUT2D eigenvalue weighted by Crippen LogP contribution is 2.25. The highest BCUT2D eigenvalue weighted by Gasteiger charge is 2.30. The van der Waals surface area contributed by atoms with Gasteiger partial charge in [0.15, 0.2) is 0 Å². The van der Waals surface area contributed by atoms with E-state index in [1.807, 2.05) is 0 Å². The van der Waals surface area contributed by atoms with E-state index in [-0.39, 0.29) is 18.0 Å². The average Bonchev–Trinajstić information content (AvgIpc) is 2.86. The fraction of sp³-hybridized carbons (Fsp3) is 0.857. The van der Waals surface area contributed by atoms with Gasteiger partial charge in [0.25, 0.3) is 0 Å². The zero-order valence-corrected chi connectivity index (χ0v) is 11.4. The van der Waals surface area contributed by atoms with Crippen molar-refractivity contribution in [2.75, 3.05) is 6.54 Å². The van der Waals surface area contributed by atoms with Crippen LogP contribution < -0.4 is 10.6 Å². The van der Waals surface area contributed by atoms with Crippen molar-refractivity contribution >= 4 is 12.0 Å². The van der Waals surface area contributed by atoms with Crippen molar-refractivity contribution in [3.05, 3.63) is 0 Å². The molecule has 3 N–H and O–H groups in total. The molecule has 2 fully saturated rings. The van der Waals surface area contributed by atoms with Crippen LogP contribution in [0.4, 0.5) is 4.79 Å². The van der Waals surface area contributed by atoms with Gasteiger partial charge >= 0.3 is 12.0 Å². The number of rotatable bonds is 4. The van der Waals surface area contributed by atoms with Crippen LogP contribution in [0.3, 0.4) is 0 Å². The normalized spacial score (nSPS) is 28.0. The number of aliphatic carboxylic acids is 1. The molecule has 0 bridgehead atoms. The van der Waals surface area contributed by atoms with Gasteiger partial charge in [-0.05, 0) is 38.0 Å². The average molecular weight is 268 g/mol. The number of hydrogen-bond donors (Lipinski definition) is 3. The van der Waals surface area contributed by atoms with E-state index in [2.05, 4.69) is 10.6 Å². The lowest BCUT2D eigenvalue weighted by Gasteiger charge is -2.22. The Morgan fingerprint density at radius 3 is 2.42 bits per heavy atom. The highest BCUT2D eigenvalue weighted by molar-refractivity contribution is 5.75. The first kappa shape index (κ1) is 14.2. The maximum absolute atomic E-state index is 11.7. The van der Waals surface area contributed by atoms with E-state index in [9.17, 15) is 9.59 Å². The Kier molecular flexibility index (Phi) is 5.05. The van der Waals surface area contributed by atoms with Crippen molar-refractivity contribution in [1.82, 2.24) is 10.6 Å². The number of carboxylic acids is 1. The van der Waals surface area contributed by atoms with Gasteiger partial charge < -0.3 is 15.7 Å². The molecule has 0 radical (unpaired) electrons. The van der Waals surface area contributed by atoms with Crippen LogP contribution >= 0.6 is 0 Å². The van der Waals surface area contributed by atoms with Crippen LogP contribution in [0.25, 0.3) is 0 Å². The number of hydrogen-bond acceptors (Lipinski definition) is 2. The molecule has 2 aliphatic carbocycles. The lowest BCUT2D eigenvalue weighted by molar-refractivity contribution is -0.141. The molecule has 0 aromatic heterocycles. The van der Waals surface area contributed by atoms with E-state index in [0.717, 1.165) is 13.0 Å². The third-order valence-electron chi connectivity index (χ3n) is 4.39. The molecule has 2 aliphatic rings. The zero-order chi connectivity index (χ0) is 13.7. The van der Waals surface area contributed by atoms with Gasteiger partial charge in [0.05, 0.1) is 5.92 Å². The monoisotopic (exact) mass is 268 g/mol. The van der Waals surface area contributed by atoms with E-state index in [1.165, 1.54) is 32.1 Å². The summed E-state index contributed by atoms with van der Waals surface area (Å²) in [4.78, 5) is 22.6. The summed E-state index contributed by atoms with van der Waals surface area (Å²) in [6.07, 6.45) is 8.30. The SMILES string of the molecule is O=C(NCC1CCCCC1)N[C@H]1CC[C@@H](C(=O)O)C1. The first-order valence-corrected chi connectivity index (χ1v) is 7.42. The summed E-state index contributed by atoms with van der Waals surface area (Å²) in [7, 11) is 0. The molecule has 5 heteroatoms. The van der Waals surface area contributed by atoms with Gasteiger partial charge in [-0.15, -0.1) is 0 Å². The van der Waals surface area contributed by atoms with Gasteiger partial charge in [-0.25, -0.2) is 4.79 Å². The van der Waals surface area contributed by atoms with Crippen LogP contribution in [-0.4, -0.2) is 29.7 Å². The lowest BCUT2D eigenvalue weighted by Crippen LogP contribution is -2.43. The van der Waals surface area contributed by atoms with Crippen LogP contribution in [0.15, 0.2) is 0 Å². The largest absolute Gasteiger partial charge is 0.481 e. The molecular weight excluding hydrogens is 244 g/mol. The van der Waals surface area contributed by atoms with Crippen molar-refractivity contribution in [3.63, 3.8) is 0 Å². The Balaban J connectivity index is 1.63. The van der Waals surface area contributed by atoms with E-state index in [4.69, 9.17) is 5.11 Å². The van der Waals surface area contributed by atoms with E-state index in [1.54, 1.807) is 0 Å². The first-order valence-electron chi connectivity index (χ1n) is 7.42. The van der Waals surface area contributed by atoms with E-state index < -0.39 is 5.97 Å². The van der Waals surface area contributed by atoms with Crippen LogP contribution in [0.5, 0.6) is 0 Å². The fourth-order valence-electron chi connectivity index (χ4n) is 3.20. The standard InChI is InChI=1S/C14H24N2O3/c17-13(18)11-6-7-12(8-11)16-14(19)15-9-10-4-2-1-3-5-10/h10-12H,1-9H2,(H,17,18)(H2,15,16,19)/t11-,12+/m1/s1. The van der Waals surface area contributed by atoms with Crippen molar-refractivity contribution < 1.29 is 14.7 Å². The second-order valence-electron chi connectivity index (χ2n) is 5.90. The molecule has 2 atom stereocenters. The maximum Gasteiger partial charge on any atom is 0.315 e. The highest BCUT2D eigenvalue weighted by atomic mass is 16.4. The molecule has 19 heavy (non-hydrogen) atoms. The summed E-state index contributed by atoms with van der Waals surface area (Å²) in [5.74, 6) is -0.412. The topological polar surface area (TPSA) is 78.4 Å². The number of urea groups is 1. The molecule has 0 aliphatic heterocycles. The molecule has 2 amide bonds. The minimum Gasteiger partial charge on any atom is -0.481 e. The molecule has 0 unspecified atom stereocenters. The van der Waals surface area contributed by atoms with Crippen molar-refractivity contribution in [1.29, 1.82) is 0 Å². The predicted molar refractivity (Wildman–Crippen MR) is 71.9 cm³/mol. The minimum absolute atomic E-state index is 0.0208. The Morgan fingerprint density at radius 1 is 1.05 bits per heavy atom. The zero-order valence-electron chi connectivity index (χ0n) is 11.4. The summed E-state index contributed by atoms with van der Waals surface area (Å²) < 4.78 is 0. The maximum atomic E-state index is 11.7. The third kappa shape index (κ3) is 4.40. The van der Waals surface area contributed by atoms with Gasteiger partial charge in [0, 0.05) is 12.6 Å². The number of carbonyl (C=O) groups excluding carboxylic acids is 1. The summed E-state index contributed by atoms with van der Waals surface area (Å²) >= 11 is 0. The molecule has 0 spiro atoms. The smallest absolute Gasteiger partial charge is 0.315 e. The molecule has 0 aromatic carbocycles. The molecule has 5 nitrogen and oxygen atoms in total. The molecule has 2 rings (SSSR count). The molecule has 108 valence electrons. The number of nitrogens with one attached hydrogen (secondary N) is 2. The molecule has 0 aromatic rings. The first-order chi connectivity index (χ1) is 9.15. The quantitative estimate of drug-likeness (QED) is 0.730. The molecule has 0 saturated heterocycles. The molecule has 0 heterocycles. The summed E-state index contributed by atoms with van der Waals surface area (Å²) in [6, 6.07) is -0.117. The van der Waals surface area contributed by atoms with E-state index >= 15 is 0 Å². The fourth-order valence-corrected chi connectivity index (χ4v) is 3.20. The van der Waals surface area contributed by atoms with Gasteiger partial charge in [-0.1, -0.05) is 19.3 Å². The van der Waals surface area contributed by atoms with Crippen molar-refractivity contribution in [2.24, 2.45) is 11.8 Å². The van der Waals surface area contributed by atoms with Crippen LogP contribution in [-0.2, 0) is 4.79 Å². The van der Waals surface area contributed by atoms with Crippen LogP contribution in [0.2, 0.25) is 0 Å². The minimum atomic E-state index is -0.744. The second-order valence-corrected chi connectivity index (χ2v) is 5.90. The van der Waals surface area contributed by atoms with Gasteiger partial charge in [-0.2, -0.15) is 0 Å². The molecular formula is C14H24N2O3. The van der Waals surface area contributed by atoms with E-state index in [0.29, 0.717) is 18.8 Å². The third-order valence-corrected chi connectivity index (χ3v) is 4.39. The Bertz CT molecular complexity index is 327. The Hall–Kier alpha value is -1.26. The summed E-state index contributed by atoms with van der Waals surface area (Å²) in [5.41, 5.74) is 0. The predicted octanol–water partition coefficient (Wildman–Crippen LogP) is 2.12. The Morgan fingerprint density at radius 2 is 1.79 bits per heavy atom. The van der Waals surface area contributed by atoms with Crippen LogP contribution in [0, 0.1) is 11.8 Å². The Labute approximate surface area is 114 Å². The van der Waals surface area contributed by atoms with Gasteiger partial charge in [-0.3, -0.25) is 4.79 Å². The lowest BCUT2D eigenvalue weighted by atomic mass is 9.89. The van der Waals surface area contributed by atoms with Gasteiger partial charge in [0.2, 0.25) is 0 Å². The molecule has 2 saturated carbocycles. The van der Waals surface area contributed by atoms with Crippen LogP contribution in [0.1, 0.15) is 51.4 Å². The number of carboxylic acid groups (broad SMARTS) is 1. The van der Waals surface area contributed by atoms with Gasteiger partial charge in [0.1, 0.15) is 0 Å². The van der Waals surface area contributed by atoms with Crippen molar-refractivity contribution in [3.8, 4) is 0 Å². The van der Waals surface area contributed by atoms with Crippen molar-refractivity contribution in [2.45, 2.75) is 57.4 Å². The summed E-state index contributed by atoms with van der Waals surface area (Å²) in [6.45, 7) is 0.751. The number of carbonyl (C=O) groups is 2. The second kappa shape index (κ2) is 6.78.